The summed E-state index contributed by atoms with van der Waals surface area (Å²) in [6, 6.07) is 6.40. The molecule has 0 atom stereocenters. The van der Waals surface area contributed by atoms with Crippen LogP contribution < -0.4 is 15.4 Å². The molecule has 0 fully saturated rings. The Labute approximate surface area is 111 Å². The third-order valence-corrected chi connectivity index (χ3v) is 3.31. The van der Waals surface area contributed by atoms with Crippen LogP contribution in [0.3, 0.4) is 0 Å². The topological polar surface area (TPSA) is 33.3 Å². The van der Waals surface area contributed by atoms with Gasteiger partial charge in [0, 0.05) is 24.2 Å². The van der Waals surface area contributed by atoms with E-state index in [1.54, 1.807) is 7.11 Å². The molecule has 1 rings (SSSR count). The molecular weight excluding hydrogens is 224 g/mol. The molecule has 0 amide bonds. The van der Waals surface area contributed by atoms with Crippen LogP contribution in [0.15, 0.2) is 18.2 Å². The van der Waals surface area contributed by atoms with Crippen molar-refractivity contribution in [2.75, 3.05) is 20.7 Å². The van der Waals surface area contributed by atoms with Gasteiger partial charge in [-0.25, -0.2) is 0 Å². The average Bonchev–Trinajstić information content (AvgIpc) is 2.38. The second kappa shape index (κ2) is 6.76. The molecule has 0 spiro atoms. The van der Waals surface area contributed by atoms with Gasteiger partial charge in [-0.1, -0.05) is 19.1 Å². The quantitative estimate of drug-likeness (QED) is 0.779. The van der Waals surface area contributed by atoms with Gasteiger partial charge in [-0.05, 0) is 38.9 Å². The fourth-order valence-corrected chi connectivity index (χ4v) is 1.79. The van der Waals surface area contributed by atoms with E-state index in [0.29, 0.717) is 0 Å². The third kappa shape index (κ3) is 4.31. The Morgan fingerprint density at radius 3 is 2.56 bits per heavy atom. The molecule has 0 aliphatic heterocycles. The van der Waals surface area contributed by atoms with Gasteiger partial charge in [0.05, 0.1) is 7.11 Å². The van der Waals surface area contributed by atoms with Crippen LogP contribution in [0.1, 0.15) is 31.9 Å². The minimum atomic E-state index is 0.107. The lowest BCUT2D eigenvalue weighted by atomic mass is 10.1. The smallest absolute Gasteiger partial charge is 0.123 e. The number of hydrogen-bond donors (Lipinski definition) is 2. The molecule has 0 saturated carbocycles. The second-order valence-corrected chi connectivity index (χ2v) is 5.24. The van der Waals surface area contributed by atoms with Crippen molar-refractivity contribution in [1.29, 1.82) is 0 Å². The van der Waals surface area contributed by atoms with Crippen LogP contribution in [0.5, 0.6) is 5.75 Å². The summed E-state index contributed by atoms with van der Waals surface area (Å²) in [5.74, 6) is 0.960. The zero-order chi connectivity index (χ0) is 13.6. The number of rotatable bonds is 7. The molecule has 0 aliphatic rings. The van der Waals surface area contributed by atoms with Crippen LogP contribution in [-0.4, -0.2) is 26.2 Å². The van der Waals surface area contributed by atoms with Crippen LogP contribution in [0.4, 0.5) is 0 Å². The second-order valence-electron chi connectivity index (χ2n) is 5.24. The van der Waals surface area contributed by atoms with E-state index in [9.17, 15) is 0 Å². The molecule has 1 aromatic carbocycles. The largest absolute Gasteiger partial charge is 0.496 e. The molecule has 3 heteroatoms. The Kier molecular flexibility index (Phi) is 5.63. The molecule has 0 aliphatic carbocycles. The molecule has 0 saturated heterocycles. The van der Waals surface area contributed by atoms with E-state index in [2.05, 4.69) is 49.6 Å². The maximum atomic E-state index is 5.40. The molecule has 102 valence electrons. The lowest BCUT2D eigenvalue weighted by molar-refractivity contribution is 0.384. The predicted molar refractivity (Wildman–Crippen MR) is 77.2 cm³/mol. The van der Waals surface area contributed by atoms with E-state index < -0.39 is 0 Å². The summed E-state index contributed by atoms with van der Waals surface area (Å²) >= 11 is 0. The first-order chi connectivity index (χ1) is 8.52. The molecule has 0 unspecified atom stereocenters. The molecule has 0 aromatic heterocycles. The lowest BCUT2D eigenvalue weighted by Gasteiger charge is -2.24. The molecule has 3 nitrogen and oxygen atoms in total. The summed E-state index contributed by atoms with van der Waals surface area (Å²) in [7, 11) is 3.71. The number of aryl methyl sites for hydroxylation is 1. The molecular formula is C15H26N2O. The van der Waals surface area contributed by atoms with Crippen molar-refractivity contribution < 1.29 is 4.74 Å². The van der Waals surface area contributed by atoms with Crippen molar-refractivity contribution in [1.82, 2.24) is 10.6 Å². The molecule has 0 radical (unpaired) electrons. The van der Waals surface area contributed by atoms with E-state index in [-0.39, 0.29) is 5.54 Å². The minimum Gasteiger partial charge on any atom is -0.496 e. The lowest BCUT2D eigenvalue weighted by Crippen LogP contribution is -2.45. The first kappa shape index (κ1) is 15.0. The number of methoxy groups -OCH3 is 1. The maximum absolute atomic E-state index is 5.40. The fourth-order valence-electron chi connectivity index (χ4n) is 1.79. The Morgan fingerprint density at radius 2 is 2.00 bits per heavy atom. The van der Waals surface area contributed by atoms with Crippen molar-refractivity contribution in [3.8, 4) is 5.75 Å². The van der Waals surface area contributed by atoms with Crippen LogP contribution in [0.2, 0.25) is 0 Å². The zero-order valence-electron chi connectivity index (χ0n) is 12.3. The summed E-state index contributed by atoms with van der Waals surface area (Å²) in [5, 5.41) is 6.76. The number of ether oxygens (including phenoxy) is 1. The maximum Gasteiger partial charge on any atom is 0.123 e. The monoisotopic (exact) mass is 250 g/mol. The number of nitrogens with one attached hydrogen (secondary N) is 2. The predicted octanol–water partition coefficient (Wildman–Crippen LogP) is 2.35. The minimum absolute atomic E-state index is 0.107. The van der Waals surface area contributed by atoms with Gasteiger partial charge in [-0.3, -0.25) is 0 Å². The van der Waals surface area contributed by atoms with Crippen molar-refractivity contribution >= 4 is 0 Å². The van der Waals surface area contributed by atoms with Crippen LogP contribution in [0.25, 0.3) is 0 Å². The molecule has 18 heavy (non-hydrogen) atoms. The standard InChI is InChI=1S/C15H26N2O/c1-6-12-7-8-14(18-5)13(9-12)10-17-11-15(2,3)16-4/h7-9,16-17H,6,10-11H2,1-5H3. The summed E-state index contributed by atoms with van der Waals surface area (Å²) in [6.07, 6.45) is 1.05. The van der Waals surface area contributed by atoms with Gasteiger partial charge in [-0.2, -0.15) is 0 Å². The highest BCUT2D eigenvalue weighted by atomic mass is 16.5. The van der Waals surface area contributed by atoms with Crippen molar-refractivity contribution in [2.24, 2.45) is 0 Å². The van der Waals surface area contributed by atoms with Gasteiger partial charge in [0.15, 0.2) is 0 Å². The Bertz CT molecular complexity index is 375. The molecule has 2 N–H and O–H groups in total. The highest BCUT2D eigenvalue weighted by molar-refractivity contribution is 5.37. The highest BCUT2D eigenvalue weighted by Crippen LogP contribution is 2.20. The highest BCUT2D eigenvalue weighted by Gasteiger charge is 2.14. The summed E-state index contributed by atoms with van der Waals surface area (Å²) in [5.41, 5.74) is 2.68. The van der Waals surface area contributed by atoms with E-state index in [1.165, 1.54) is 11.1 Å². The summed E-state index contributed by atoms with van der Waals surface area (Å²) in [6.45, 7) is 8.29. The van der Waals surface area contributed by atoms with Gasteiger partial charge >= 0.3 is 0 Å². The fraction of sp³-hybridized carbons (Fsp3) is 0.600. The van der Waals surface area contributed by atoms with E-state index in [4.69, 9.17) is 4.74 Å². The van der Waals surface area contributed by atoms with Gasteiger partial charge in [0.1, 0.15) is 5.75 Å². The SMILES string of the molecule is CCc1ccc(OC)c(CNCC(C)(C)NC)c1. The molecule has 0 bridgehead atoms. The summed E-state index contributed by atoms with van der Waals surface area (Å²) < 4.78 is 5.40. The normalized spacial score (nSPS) is 11.6. The van der Waals surface area contributed by atoms with Crippen LogP contribution >= 0.6 is 0 Å². The van der Waals surface area contributed by atoms with Gasteiger partial charge in [0.2, 0.25) is 0 Å². The first-order valence-electron chi connectivity index (χ1n) is 6.58. The van der Waals surface area contributed by atoms with E-state index in [0.717, 1.165) is 25.3 Å². The third-order valence-electron chi connectivity index (χ3n) is 3.31. The Morgan fingerprint density at radius 1 is 1.28 bits per heavy atom. The Hall–Kier alpha value is -1.06. The Balaban J connectivity index is 2.65. The van der Waals surface area contributed by atoms with Gasteiger partial charge < -0.3 is 15.4 Å². The number of hydrogen-bond acceptors (Lipinski definition) is 3. The van der Waals surface area contributed by atoms with Crippen LogP contribution in [-0.2, 0) is 13.0 Å². The summed E-state index contributed by atoms with van der Waals surface area (Å²) in [4.78, 5) is 0. The van der Waals surface area contributed by atoms with E-state index in [1.807, 2.05) is 7.05 Å². The van der Waals surface area contributed by atoms with Crippen LogP contribution in [0, 0.1) is 0 Å². The zero-order valence-corrected chi connectivity index (χ0v) is 12.3. The molecule has 1 aromatic rings. The average molecular weight is 250 g/mol. The molecule has 0 heterocycles. The first-order valence-corrected chi connectivity index (χ1v) is 6.58. The van der Waals surface area contributed by atoms with Crippen molar-refractivity contribution in [3.63, 3.8) is 0 Å². The number of benzene rings is 1. The van der Waals surface area contributed by atoms with E-state index >= 15 is 0 Å². The van der Waals surface area contributed by atoms with Crippen molar-refractivity contribution in [2.45, 2.75) is 39.3 Å². The van der Waals surface area contributed by atoms with Gasteiger partial charge in [-0.15, -0.1) is 0 Å². The van der Waals surface area contributed by atoms with Crippen molar-refractivity contribution in [3.05, 3.63) is 29.3 Å². The number of likely N-dealkylation sites (N-methyl/N-ethyl adjacent to an activating group) is 1. The van der Waals surface area contributed by atoms with Gasteiger partial charge in [0.25, 0.3) is 0 Å².